The molecule has 1 unspecified atom stereocenters. The minimum absolute atomic E-state index is 0.605. The predicted octanol–water partition coefficient (Wildman–Crippen LogP) is 2.12. The molecule has 0 aliphatic heterocycles. The second-order valence-electron chi connectivity index (χ2n) is 4.25. The lowest BCUT2D eigenvalue weighted by Gasteiger charge is -2.13. The molecule has 84 valence electrons. The zero-order chi connectivity index (χ0) is 11.7. The smallest absolute Gasteiger partial charge is 0.121 e. The molecule has 3 heteroatoms. The molecule has 1 atom stereocenters. The van der Waals surface area contributed by atoms with Gasteiger partial charge in [-0.15, -0.1) is 0 Å². The molecule has 3 nitrogen and oxygen atoms in total. The molecule has 0 spiro atoms. The molecule has 2 rings (SSSR count). The van der Waals surface area contributed by atoms with E-state index in [0.29, 0.717) is 0 Å². The lowest BCUT2D eigenvalue weighted by Crippen LogP contribution is -2.05. The van der Waals surface area contributed by atoms with Crippen LogP contribution in [0.15, 0.2) is 30.7 Å². The Labute approximate surface area is 95.4 Å². The maximum atomic E-state index is 10.2. The number of aliphatic hydroxyl groups excluding tert-OH is 1. The summed E-state index contributed by atoms with van der Waals surface area (Å²) in [5.74, 6) is 0. The average Bonchev–Trinajstić information content (AvgIpc) is 2.62. The van der Waals surface area contributed by atoms with E-state index >= 15 is 0 Å². The zero-order valence-electron chi connectivity index (χ0n) is 9.81. The number of hydrogen-bond donors (Lipinski definition) is 1. The third kappa shape index (κ3) is 1.99. The van der Waals surface area contributed by atoms with Gasteiger partial charge in [-0.25, -0.2) is 4.98 Å². The van der Waals surface area contributed by atoms with Crippen molar-refractivity contribution in [3.8, 4) is 0 Å². The van der Waals surface area contributed by atoms with Crippen LogP contribution in [-0.4, -0.2) is 14.7 Å². The monoisotopic (exact) mass is 216 g/mol. The van der Waals surface area contributed by atoms with Gasteiger partial charge in [0.1, 0.15) is 6.10 Å². The Bertz CT molecular complexity index is 482. The van der Waals surface area contributed by atoms with Gasteiger partial charge in [0, 0.05) is 7.05 Å². The SMILES string of the molecule is Cc1cc(C)cc(C(O)c2cncn2C)c1. The van der Waals surface area contributed by atoms with E-state index in [4.69, 9.17) is 0 Å². The fraction of sp³-hybridized carbons (Fsp3) is 0.308. The standard InChI is InChI=1S/C13H16N2O/c1-9-4-10(2)6-11(5-9)13(16)12-7-14-8-15(12)3/h4-8,13,16H,1-3H3. The number of aromatic nitrogens is 2. The van der Waals surface area contributed by atoms with Gasteiger partial charge in [0.05, 0.1) is 18.2 Å². The lowest BCUT2D eigenvalue weighted by atomic mass is 10.0. The first-order valence-electron chi connectivity index (χ1n) is 5.30. The molecule has 0 bridgehead atoms. The van der Waals surface area contributed by atoms with Crippen LogP contribution >= 0.6 is 0 Å². The van der Waals surface area contributed by atoms with Crippen LogP contribution in [0, 0.1) is 13.8 Å². The molecule has 1 aromatic heterocycles. The van der Waals surface area contributed by atoms with Crippen LogP contribution in [0.1, 0.15) is 28.5 Å². The summed E-state index contributed by atoms with van der Waals surface area (Å²) in [6.45, 7) is 4.07. The Morgan fingerprint density at radius 3 is 2.31 bits per heavy atom. The van der Waals surface area contributed by atoms with Crippen molar-refractivity contribution < 1.29 is 5.11 Å². The molecule has 16 heavy (non-hydrogen) atoms. The van der Waals surface area contributed by atoms with E-state index < -0.39 is 6.10 Å². The van der Waals surface area contributed by atoms with Crippen LogP contribution in [0.2, 0.25) is 0 Å². The van der Waals surface area contributed by atoms with E-state index in [2.05, 4.69) is 11.1 Å². The first-order valence-corrected chi connectivity index (χ1v) is 5.30. The zero-order valence-corrected chi connectivity index (χ0v) is 9.81. The highest BCUT2D eigenvalue weighted by atomic mass is 16.3. The molecule has 0 aliphatic rings. The highest BCUT2D eigenvalue weighted by molar-refractivity contribution is 5.33. The number of hydrogen-bond acceptors (Lipinski definition) is 2. The molecule has 0 fully saturated rings. The van der Waals surface area contributed by atoms with Crippen LogP contribution in [-0.2, 0) is 7.05 Å². The maximum absolute atomic E-state index is 10.2. The van der Waals surface area contributed by atoms with Crippen molar-refractivity contribution >= 4 is 0 Å². The summed E-state index contributed by atoms with van der Waals surface area (Å²) in [4.78, 5) is 4.02. The Morgan fingerprint density at radius 1 is 1.19 bits per heavy atom. The topological polar surface area (TPSA) is 38.1 Å². The second-order valence-corrected chi connectivity index (χ2v) is 4.25. The summed E-state index contributed by atoms with van der Waals surface area (Å²) < 4.78 is 1.84. The molecule has 1 aromatic carbocycles. The summed E-state index contributed by atoms with van der Waals surface area (Å²) >= 11 is 0. The number of rotatable bonds is 2. The minimum atomic E-state index is -0.605. The molecule has 2 aromatic rings. The molecule has 0 amide bonds. The van der Waals surface area contributed by atoms with Crippen LogP contribution < -0.4 is 0 Å². The van der Waals surface area contributed by atoms with E-state index in [1.807, 2.05) is 37.6 Å². The van der Waals surface area contributed by atoms with Crippen molar-refractivity contribution in [2.24, 2.45) is 7.05 Å². The highest BCUT2D eigenvalue weighted by Crippen LogP contribution is 2.23. The molecular weight excluding hydrogens is 200 g/mol. The molecular formula is C13H16N2O. The highest BCUT2D eigenvalue weighted by Gasteiger charge is 2.14. The molecule has 1 N–H and O–H groups in total. The van der Waals surface area contributed by atoms with E-state index in [0.717, 1.165) is 22.4 Å². The second kappa shape index (κ2) is 4.10. The molecule has 0 radical (unpaired) electrons. The number of benzene rings is 1. The summed E-state index contributed by atoms with van der Waals surface area (Å²) in [6, 6.07) is 6.11. The van der Waals surface area contributed by atoms with Crippen molar-refractivity contribution in [2.45, 2.75) is 20.0 Å². The Hall–Kier alpha value is -1.61. The van der Waals surface area contributed by atoms with Crippen molar-refractivity contribution in [1.82, 2.24) is 9.55 Å². The van der Waals surface area contributed by atoms with E-state index in [9.17, 15) is 5.11 Å². The minimum Gasteiger partial charge on any atom is -0.382 e. The summed E-state index contributed by atoms with van der Waals surface area (Å²) in [7, 11) is 1.88. The molecule has 0 saturated carbocycles. The quantitative estimate of drug-likeness (QED) is 0.835. The van der Waals surface area contributed by atoms with Crippen molar-refractivity contribution in [1.29, 1.82) is 0 Å². The molecule has 0 saturated heterocycles. The normalized spacial score (nSPS) is 12.8. The van der Waals surface area contributed by atoms with E-state index in [1.54, 1.807) is 12.5 Å². The Balaban J connectivity index is 2.41. The summed E-state index contributed by atoms with van der Waals surface area (Å²) in [5.41, 5.74) is 4.05. The first-order chi connectivity index (χ1) is 7.58. The van der Waals surface area contributed by atoms with Gasteiger partial charge in [0.15, 0.2) is 0 Å². The third-order valence-electron chi connectivity index (χ3n) is 2.69. The lowest BCUT2D eigenvalue weighted by molar-refractivity contribution is 0.211. The van der Waals surface area contributed by atoms with Gasteiger partial charge in [-0.3, -0.25) is 0 Å². The maximum Gasteiger partial charge on any atom is 0.121 e. The van der Waals surface area contributed by atoms with Gasteiger partial charge in [0.25, 0.3) is 0 Å². The molecule has 0 aliphatic carbocycles. The van der Waals surface area contributed by atoms with Gasteiger partial charge < -0.3 is 9.67 Å². The Kier molecular flexibility index (Phi) is 2.79. The first kappa shape index (κ1) is 10.9. The van der Waals surface area contributed by atoms with Gasteiger partial charge in [-0.1, -0.05) is 29.3 Å². The number of imidazole rings is 1. The summed E-state index contributed by atoms with van der Waals surface area (Å²) in [6.07, 6.45) is 2.79. The molecule has 1 heterocycles. The third-order valence-corrected chi connectivity index (χ3v) is 2.69. The Morgan fingerprint density at radius 2 is 1.81 bits per heavy atom. The van der Waals surface area contributed by atoms with Crippen molar-refractivity contribution in [3.05, 3.63) is 53.1 Å². The van der Waals surface area contributed by atoms with Gasteiger partial charge in [-0.2, -0.15) is 0 Å². The fourth-order valence-corrected chi connectivity index (χ4v) is 1.97. The number of aryl methyl sites for hydroxylation is 3. The van der Waals surface area contributed by atoms with Crippen LogP contribution in [0.25, 0.3) is 0 Å². The number of nitrogens with zero attached hydrogens (tertiary/aromatic N) is 2. The van der Waals surface area contributed by atoms with E-state index in [1.165, 1.54) is 0 Å². The van der Waals surface area contributed by atoms with Crippen molar-refractivity contribution in [2.75, 3.05) is 0 Å². The van der Waals surface area contributed by atoms with Crippen LogP contribution in [0.3, 0.4) is 0 Å². The van der Waals surface area contributed by atoms with E-state index in [-0.39, 0.29) is 0 Å². The fourth-order valence-electron chi connectivity index (χ4n) is 1.97. The average molecular weight is 216 g/mol. The van der Waals surface area contributed by atoms with Gasteiger partial charge >= 0.3 is 0 Å². The van der Waals surface area contributed by atoms with Crippen LogP contribution in [0.4, 0.5) is 0 Å². The van der Waals surface area contributed by atoms with Gasteiger partial charge in [-0.05, 0) is 19.4 Å². The van der Waals surface area contributed by atoms with Crippen LogP contribution in [0.5, 0.6) is 0 Å². The predicted molar refractivity (Wildman–Crippen MR) is 63.2 cm³/mol. The van der Waals surface area contributed by atoms with Gasteiger partial charge in [0.2, 0.25) is 0 Å². The number of aliphatic hydroxyl groups is 1. The van der Waals surface area contributed by atoms with Crippen molar-refractivity contribution in [3.63, 3.8) is 0 Å². The largest absolute Gasteiger partial charge is 0.382 e. The summed E-state index contributed by atoms with van der Waals surface area (Å²) in [5, 5.41) is 10.2.